The molecule has 0 aromatic heterocycles. The lowest BCUT2D eigenvalue weighted by atomic mass is 10.0. The first-order valence-electron chi connectivity index (χ1n) is 23.4. The van der Waals surface area contributed by atoms with Crippen LogP contribution in [-0.2, 0) is 18.4 Å². The molecule has 0 saturated carbocycles. The number of nitrogens with one attached hydrogen (secondary N) is 1. The number of hydrogen-bond donors (Lipinski definition) is 2. The lowest BCUT2D eigenvalue weighted by Crippen LogP contribution is -2.45. The highest BCUT2D eigenvalue weighted by Gasteiger charge is 2.23. The quantitative estimate of drug-likeness (QED) is 0.0275. The van der Waals surface area contributed by atoms with Crippen LogP contribution < -0.4 is 10.2 Å². The summed E-state index contributed by atoms with van der Waals surface area (Å²) < 4.78 is 23.2. The van der Waals surface area contributed by atoms with Gasteiger partial charge in [0, 0.05) is 6.42 Å². The summed E-state index contributed by atoms with van der Waals surface area (Å²) in [5.74, 6) is -0.211. The highest BCUT2D eigenvalue weighted by atomic mass is 31.2. The number of aliphatic hydroxyl groups excluding tert-OH is 1. The van der Waals surface area contributed by atoms with Gasteiger partial charge in [0.1, 0.15) is 13.2 Å². The molecule has 1 amide bonds. The van der Waals surface area contributed by atoms with Crippen LogP contribution in [0.5, 0.6) is 0 Å². The zero-order chi connectivity index (χ0) is 41.4. The lowest BCUT2D eigenvalue weighted by molar-refractivity contribution is -0.870. The number of amides is 1. The number of nitrogens with zero attached hydrogens (tertiary/aromatic N) is 1. The third-order valence-corrected chi connectivity index (χ3v) is 11.3. The summed E-state index contributed by atoms with van der Waals surface area (Å²) in [5.41, 5.74) is 0. The molecule has 3 atom stereocenters. The second kappa shape index (κ2) is 39.2. The van der Waals surface area contributed by atoms with Crippen molar-refractivity contribution in [1.29, 1.82) is 0 Å². The molecule has 0 rings (SSSR count). The Balaban J connectivity index is 4.44. The van der Waals surface area contributed by atoms with E-state index in [0.717, 1.165) is 44.9 Å². The Bertz CT molecular complexity index is 1010. The lowest BCUT2D eigenvalue weighted by Gasteiger charge is -2.29. The largest absolute Gasteiger partial charge is 0.756 e. The van der Waals surface area contributed by atoms with Crippen LogP contribution in [0.15, 0.2) is 36.5 Å². The fourth-order valence-corrected chi connectivity index (χ4v) is 7.32. The Hall–Kier alpha value is -1.28. The van der Waals surface area contributed by atoms with E-state index < -0.39 is 26.6 Å². The smallest absolute Gasteiger partial charge is 0.268 e. The number of rotatable bonds is 42. The molecule has 0 saturated heterocycles. The van der Waals surface area contributed by atoms with Crippen molar-refractivity contribution in [2.24, 2.45) is 0 Å². The second-order valence-electron chi connectivity index (χ2n) is 17.1. The van der Waals surface area contributed by atoms with Crippen molar-refractivity contribution in [1.82, 2.24) is 5.32 Å². The SMILES string of the molecule is CCCCCCCCCCCCC/C=C/CC/C=C/CC/C=C/C(O)C(COP(=O)([O-])OCC[N+](C)(C)C)NC(=O)CCCCCCCCCCCCCCC. The summed E-state index contributed by atoms with van der Waals surface area (Å²) in [6.45, 7) is 4.62. The van der Waals surface area contributed by atoms with Gasteiger partial charge >= 0.3 is 0 Å². The molecule has 0 bridgehead atoms. The van der Waals surface area contributed by atoms with E-state index in [9.17, 15) is 19.4 Å². The molecule has 0 aliphatic rings. The molecular weight excluding hydrogens is 719 g/mol. The van der Waals surface area contributed by atoms with Gasteiger partial charge in [-0.05, 0) is 44.9 Å². The molecule has 0 aliphatic heterocycles. The van der Waals surface area contributed by atoms with E-state index in [1.165, 1.54) is 141 Å². The van der Waals surface area contributed by atoms with Crippen LogP contribution in [0.2, 0.25) is 0 Å². The molecular formula is C47H91N2O6P. The number of carbonyl (C=O) groups excluding carboxylic acids is 1. The zero-order valence-corrected chi connectivity index (χ0v) is 38.2. The van der Waals surface area contributed by atoms with E-state index >= 15 is 0 Å². The molecule has 330 valence electrons. The molecule has 9 heteroatoms. The maximum atomic E-state index is 12.8. The fourth-order valence-electron chi connectivity index (χ4n) is 6.60. The minimum absolute atomic E-state index is 0.00788. The molecule has 3 unspecified atom stereocenters. The molecule has 0 fully saturated rings. The van der Waals surface area contributed by atoms with E-state index in [1.54, 1.807) is 6.08 Å². The number of unbranched alkanes of at least 4 members (excludes halogenated alkanes) is 25. The van der Waals surface area contributed by atoms with E-state index in [-0.39, 0.29) is 12.5 Å². The number of hydrogen-bond acceptors (Lipinski definition) is 6. The normalized spacial score (nSPS) is 14.6. The number of quaternary nitrogens is 1. The Morgan fingerprint density at radius 2 is 1.00 bits per heavy atom. The first-order chi connectivity index (χ1) is 27.0. The summed E-state index contributed by atoms with van der Waals surface area (Å²) in [5, 5.41) is 13.8. The zero-order valence-electron chi connectivity index (χ0n) is 37.3. The van der Waals surface area contributed by atoms with Crippen molar-refractivity contribution in [3.8, 4) is 0 Å². The van der Waals surface area contributed by atoms with Crippen LogP contribution in [0.4, 0.5) is 0 Å². The Morgan fingerprint density at radius 1 is 0.607 bits per heavy atom. The van der Waals surface area contributed by atoms with E-state index in [0.29, 0.717) is 17.4 Å². The van der Waals surface area contributed by atoms with Crippen LogP contribution in [0.3, 0.4) is 0 Å². The summed E-state index contributed by atoms with van der Waals surface area (Å²) >= 11 is 0. The number of phosphoric ester groups is 1. The van der Waals surface area contributed by atoms with Gasteiger partial charge in [-0.2, -0.15) is 0 Å². The van der Waals surface area contributed by atoms with Crippen molar-refractivity contribution in [3.05, 3.63) is 36.5 Å². The molecule has 8 nitrogen and oxygen atoms in total. The molecule has 0 aliphatic carbocycles. The van der Waals surface area contributed by atoms with E-state index in [2.05, 4.69) is 43.5 Å². The maximum Gasteiger partial charge on any atom is 0.268 e. The Morgan fingerprint density at radius 3 is 1.45 bits per heavy atom. The van der Waals surface area contributed by atoms with Gasteiger partial charge in [0.05, 0.1) is 39.9 Å². The van der Waals surface area contributed by atoms with Crippen molar-refractivity contribution >= 4 is 13.7 Å². The van der Waals surface area contributed by atoms with Gasteiger partial charge in [-0.15, -0.1) is 0 Å². The number of phosphoric acid groups is 1. The summed E-state index contributed by atoms with van der Waals surface area (Å²) in [6, 6.07) is -0.905. The van der Waals surface area contributed by atoms with Gasteiger partial charge in [0.2, 0.25) is 5.91 Å². The minimum Gasteiger partial charge on any atom is -0.756 e. The summed E-state index contributed by atoms with van der Waals surface area (Å²) in [7, 11) is 1.24. The molecule has 0 aromatic carbocycles. The summed E-state index contributed by atoms with van der Waals surface area (Å²) in [4.78, 5) is 25.3. The molecule has 0 heterocycles. The minimum atomic E-state index is -4.60. The van der Waals surface area contributed by atoms with Gasteiger partial charge in [0.15, 0.2) is 0 Å². The third kappa shape index (κ3) is 40.9. The Labute approximate surface area is 347 Å². The predicted molar refractivity (Wildman–Crippen MR) is 238 cm³/mol. The van der Waals surface area contributed by atoms with Gasteiger partial charge in [-0.25, -0.2) is 0 Å². The topological polar surface area (TPSA) is 108 Å². The van der Waals surface area contributed by atoms with Crippen LogP contribution in [0.1, 0.15) is 206 Å². The van der Waals surface area contributed by atoms with E-state index in [4.69, 9.17) is 9.05 Å². The average Bonchev–Trinajstić information content (AvgIpc) is 3.15. The Kier molecular flexibility index (Phi) is 38.3. The average molecular weight is 811 g/mol. The first kappa shape index (κ1) is 54.7. The van der Waals surface area contributed by atoms with Crippen LogP contribution in [0, 0.1) is 0 Å². The number of aliphatic hydroxyl groups is 1. The van der Waals surface area contributed by atoms with Gasteiger partial charge in [0.25, 0.3) is 7.82 Å². The molecule has 0 spiro atoms. The van der Waals surface area contributed by atoms with Gasteiger partial charge in [-0.3, -0.25) is 9.36 Å². The highest BCUT2D eigenvalue weighted by Crippen LogP contribution is 2.38. The maximum absolute atomic E-state index is 12.8. The van der Waals surface area contributed by atoms with Gasteiger partial charge < -0.3 is 28.8 Å². The van der Waals surface area contributed by atoms with Crippen molar-refractivity contribution < 1.29 is 32.9 Å². The van der Waals surface area contributed by atoms with Crippen LogP contribution >= 0.6 is 7.82 Å². The second-order valence-corrected chi connectivity index (χ2v) is 18.5. The standard InChI is InChI=1S/C47H91N2O6P/c1-6-8-10-12-14-16-18-20-21-22-23-24-25-26-27-29-30-32-34-36-38-40-46(50)45(44-55-56(52,53)54-43-42-49(3,4)5)48-47(51)41-39-37-35-33-31-28-19-17-15-13-11-9-7-2/h25-26,30,32,38,40,45-46,50H,6-24,27-29,31,33-37,39,41-44H2,1-5H3,(H-,48,51,52,53)/b26-25+,32-30+,40-38+. The summed E-state index contributed by atoms with van der Waals surface area (Å²) in [6.07, 6.45) is 47.7. The molecule has 2 N–H and O–H groups in total. The highest BCUT2D eigenvalue weighted by molar-refractivity contribution is 7.45. The van der Waals surface area contributed by atoms with Crippen LogP contribution in [-0.4, -0.2) is 68.5 Å². The molecule has 0 aromatic rings. The van der Waals surface area contributed by atoms with Crippen LogP contribution in [0.25, 0.3) is 0 Å². The number of carbonyl (C=O) groups is 1. The monoisotopic (exact) mass is 811 g/mol. The molecule has 0 radical (unpaired) electrons. The van der Waals surface area contributed by atoms with Crippen molar-refractivity contribution in [3.63, 3.8) is 0 Å². The van der Waals surface area contributed by atoms with Crippen molar-refractivity contribution in [2.45, 2.75) is 219 Å². The van der Waals surface area contributed by atoms with Gasteiger partial charge in [-0.1, -0.05) is 192 Å². The number of allylic oxidation sites excluding steroid dienone is 5. The van der Waals surface area contributed by atoms with Crippen molar-refractivity contribution in [2.75, 3.05) is 40.9 Å². The first-order valence-corrected chi connectivity index (χ1v) is 24.8. The molecule has 56 heavy (non-hydrogen) atoms. The predicted octanol–water partition coefficient (Wildman–Crippen LogP) is 12.5. The number of likely N-dealkylation sites (N-methyl/N-ethyl adjacent to an activating group) is 1. The third-order valence-electron chi connectivity index (χ3n) is 10.3. The van der Waals surface area contributed by atoms with E-state index in [1.807, 2.05) is 27.2 Å². The fraction of sp³-hybridized carbons (Fsp3) is 0.851.